The molecule has 0 aromatic heterocycles. The molecule has 4 nitrogen and oxygen atoms in total. The standard InChI is InChI=1S/C33H47NO3.Na.H/c1-5-24-11-12-27(9-7-17-33(2,3)4)31(20-24)34-18-15-25(16-19-34)23-37-29-10-6-8-28(21-29)30(22-32(35)36)26-13-14-26;;/h6,8,10-12,20-21,25-26,30H,5,7,9,13-19,22-23H2,1-4H3,(H,35,36);;/q;+1;-1. The van der Waals surface area contributed by atoms with Gasteiger partial charge >= 0.3 is 35.5 Å². The molecule has 1 N–H and O–H groups in total. The van der Waals surface area contributed by atoms with E-state index in [0.717, 1.165) is 69.5 Å². The van der Waals surface area contributed by atoms with E-state index < -0.39 is 5.97 Å². The van der Waals surface area contributed by atoms with Crippen molar-refractivity contribution in [1.82, 2.24) is 0 Å². The average Bonchev–Trinajstić information content (AvgIpc) is 3.71. The third kappa shape index (κ3) is 9.31. The van der Waals surface area contributed by atoms with Gasteiger partial charge in [0, 0.05) is 18.8 Å². The molecule has 2 aromatic carbocycles. The summed E-state index contributed by atoms with van der Waals surface area (Å²) < 4.78 is 6.26. The number of benzene rings is 2. The predicted molar refractivity (Wildman–Crippen MR) is 154 cm³/mol. The van der Waals surface area contributed by atoms with Crippen molar-refractivity contribution in [3.05, 3.63) is 59.2 Å². The number of aryl methyl sites for hydroxylation is 2. The van der Waals surface area contributed by atoms with E-state index in [0.29, 0.717) is 17.3 Å². The van der Waals surface area contributed by atoms with Crippen molar-refractivity contribution >= 4 is 11.7 Å². The Bertz CT molecular complexity index is 1040. The molecular weight excluding hydrogens is 481 g/mol. The number of hydrogen-bond acceptors (Lipinski definition) is 3. The fraction of sp³-hybridized carbons (Fsp3) is 0.606. The monoisotopic (exact) mass is 529 g/mol. The van der Waals surface area contributed by atoms with E-state index in [2.05, 4.69) is 62.9 Å². The molecule has 1 unspecified atom stereocenters. The Morgan fingerprint density at radius 1 is 1.11 bits per heavy atom. The van der Waals surface area contributed by atoms with Crippen LogP contribution in [0.2, 0.25) is 0 Å². The predicted octanol–water partition coefficient (Wildman–Crippen LogP) is 5.00. The average molecular weight is 530 g/mol. The Balaban J connectivity index is 0.00000267. The molecule has 1 aliphatic carbocycles. The molecule has 0 bridgehead atoms. The first-order valence-electron chi connectivity index (χ1n) is 14.5. The van der Waals surface area contributed by atoms with Crippen molar-refractivity contribution in [2.75, 3.05) is 24.6 Å². The molecule has 0 spiro atoms. The van der Waals surface area contributed by atoms with Crippen LogP contribution in [-0.4, -0.2) is 30.8 Å². The fourth-order valence-corrected chi connectivity index (χ4v) is 5.78. The second-order valence-electron chi connectivity index (χ2n) is 12.6. The maximum Gasteiger partial charge on any atom is 1.00 e. The van der Waals surface area contributed by atoms with Crippen molar-refractivity contribution in [2.45, 2.75) is 91.4 Å². The molecule has 1 saturated carbocycles. The largest absolute Gasteiger partial charge is 1.00 e. The van der Waals surface area contributed by atoms with Crippen LogP contribution in [0.4, 0.5) is 5.69 Å². The second kappa shape index (κ2) is 14.2. The molecule has 4 rings (SSSR count). The Hall–Kier alpha value is -1.49. The summed E-state index contributed by atoms with van der Waals surface area (Å²) in [6.07, 6.45) is 9.49. The number of carboxylic acid groups (broad SMARTS) is 1. The van der Waals surface area contributed by atoms with Crippen molar-refractivity contribution in [2.24, 2.45) is 17.3 Å². The number of ether oxygens (including phenoxy) is 1. The van der Waals surface area contributed by atoms with Crippen LogP contribution in [0.25, 0.3) is 0 Å². The Kier molecular flexibility index (Phi) is 11.6. The molecule has 204 valence electrons. The molecule has 2 fully saturated rings. The summed E-state index contributed by atoms with van der Waals surface area (Å²) >= 11 is 0. The number of carboxylic acids is 1. The van der Waals surface area contributed by atoms with E-state index >= 15 is 0 Å². The van der Waals surface area contributed by atoms with Crippen LogP contribution in [0.15, 0.2) is 42.5 Å². The molecule has 1 atom stereocenters. The summed E-state index contributed by atoms with van der Waals surface area (Å²) in [5.74, 6) is 1.35. The van der Waals surface area contributed by atoms with Gasteiger partial charge in [0.25, 0.3) is 0 Å². The summed E-state index contributed by atoms with van der Waals surface area (Å²) in [5.41, 5.74) is 5.87. The summed E-state index contributed by atoms with van der Waals surface area (Å²) in [4.78, 5) is 14.0. The Morgan fingerprint density at radius 2 is 1.84 bits per heavy atom. The maximum absolute atomic E-state index is 11.4. The van der Waals surface area contributed by atoms with Crippen LogP contribution in [-0.2, 0) is 17.6 Å². The molecule has 0 radical (unpaired) electrons. The van der Waals surface area contributed by atoms with Crippen molar-refractivity contribution in [1.29, 1.82) is 0 Å². The number of carbonyl (C=O) groups is 1. The SMILES string of the molecule is CCc1ccc(CCCC(C)(C)C)c(N2CCC(COc3cccc(C(CC(=O)O)C4CC4)c3)CC2)c1.[H-].[Na+]. The van der Waals surface area contributed by atoms with Gasteiger partial charge in [-0.05, 0) is 109 Å². The molecule has 0 amide bonds. The quantitative estimate of drug-likeness (QED) is 0.393. The van der Waals surface area contributed by atoms with Gasteiger partial charge in [-0.15, -0.1) is 0 Å². The van der Waals surface area contributed by atoms with Gasteiger partial charge in [0.15, 0.2) is 0 Å². The third-order valence-corrected chi connectivity index (χ3v) is 8.24. The summed E-state index contributed by atoms with van der Waals surface area (Å²) in [6.45, 7) is 12.1. The number of hydrogen-bond donors (Lipinski definition) is 1. The molecule has 1 heterocycles. The van der Waals surface area contributed by atoms with E-state index in [9.17, 15) is 9.90 Å². The first-order valence-corrected chi connectivity index (χ1v) is 14.5. The molecule has 2 aliphatic rings. The minimum Gasteiger partial charge on any atom is -1.00 e. The van der Waals surface area contributed by atoms with Crippen molar-refractivity contribution < 1.29 is 45.6 Å². The smallest absolute Gasteiger partial charge is 1.00 e. The molecule has 1 saturated heterocycles. The number of anilines is 1. The van der Waals surface area contributed by atoms with Crippen molar-refractivity contribution in [3.8, 4) is 5.75 Å². The first-order chi connectivity index (χ1) is 17.7. The van der Waals surface area contributed by atoms with Gasteiger partial charge in [-0.1, -0.05) is 52.0 Å². The van der Waals surface area contributed by atoms with E-state index in [1.54, 1.807) is 0 Å². The molecule has 5 heteroatoms. The van der Waals surface area contributed by atoms with E-state index in [4.69, 9.17) is 4.74 Å². The number of rotatable bonds is 12. The number of nitrogens with zero attached hydrogens (tertiary/aromatic N) is 1. The van der Waals surface area contributed by atoms with E-state index in [-0.39, 0.29) is 43.3 Å². The number of piperidine rings is 1. The zero-order chi connectivity index (χ0) is 26.4. The van der Waals surface area contributed by atoms with Gasteiger partial charge in [0.05, 0.1) is 13.0 Å². The minimum absolute atomic E-state index is 0. The van der Waals surface area contributed by atoms with Crippen LogP contribution >= 0.6 is 0 Å². The molecule has 1 aliphatic heterocycles. The summed E-state index contributed by atoms with van der Waals surface area (Å²) in [7, 11) is 0. The summed E-state index contributed by atoms with van der Waals surface area (Å²) in [6, 6.07) is 15.3. The maximum atomic E-state index is 11.4. The first kappa shape index (κ1) is 31.0. The van der Waals surface area contributed by atoms with Crippen LogP contribution in [0.3, 0.4) is 0 Å². The van der Waals surface area contributed by atoms with Crippen LogP contribution in [0.5, 0.6) is 5.75 Å². The van der Waals surface area contributed by atoms with E-state index in [1.807, 2.05) is 12.1 Å². The third-order valence-electron chi connectivity index (χ3n) is 8.24. The van der Waals surface area contributed by atoms with Gasteiger partial charge in [-0.2, -0.15) is 0 Å². The topological polar surface area (TPSA) is 49.8 Å². The molecular formula is C33H48NNaO3. The Morgan fingerprint density at radius 3 is 2.47 bits per heavy atom. The molecule has 2 aromatic rings. The van der Waals surface area contributed by atoms with Crippen LogP contribution in [0, 0.1) is 17.3 Å². The fourth-order valence-electron chi connectivity index (χ4n) is 5.78. The van der Waals surface area contributed by atoms with Gasteiger partial charge in [-0.25, -0.2) is 0 Å². The van der Waals surface area contributed by atoms with Gasteiger partial charge in [-0.3, -0.25) is 4.79 Å². The Labute approximate surface area is 254 Å². The second-order valence-corrected chi connectivity index (χ2v) is 12.6. The van der Waals surface area contributed by atoms with Crippen LogP contribution in [0.1, 0.15) is 96.7 Å². The zero-order valence-corrected chi connectivity index (χ0v) is 26.5. The van der Waals surface area contributed by atoms with E-state index in [1.165, 1.54) is 29.7 Å². The zero-order valence-electron chi connectivity index (χ0n) is 25.5. The van der Waals surface area contributed by atoms with Crippen molar-refractivity contribution in [3.63, 3.8) is 0 Å². The van der Waals surface area contributed by atoms with Crippen LogP contribution < -0.4 is 39.2 Å². The van der Waals surface area contributed by atoms with Gasteiger partial charge in [0.1, 0.15) is 5.75 Å². The summed E-state index contributed by atoms with van der Waals surface area (Å²) in [5, 5.41) is 9.35. The van der Waals surface area contributed by atoms with Gasteiger partial charge < -0.3 is 16.2 Å². The minimum atomic E-state index is -0.711. The normalized spacial score (nSPS) is 17.1. The number of aliphatic carboxylic acids is 1. The molecule has 38 heavy (non-hydrogen) atoms. The van der Waals surface area contributed by atoms with Gasteiger partial charge in [0.2, 0.25) is 0 Å².